The summed E-state index contributed by atoms with van der Waals surface area (Å²) in [5.41, 5.74) is 2.29. The fourth-order valence-corrected chi connectivity index (χ4v) is 2.48. The van der Waals surface area contributed by atoms with Gasteiger partial charge in [-0.15, -0.1) is 0 Å². The number of para-hydroxylation sites is 2. The first-order valence-corrected chi connectivity index (χ1v) is 8.61. The van der Waals surface area contributed by atoms with Crippen molar-refractivity contribution in [1.29, 1.82) is 0 Å². The van der Waals surface area contributed by atoms with E-state index < -0.39 is 4.92 Å². The Kier molecular flexibility index (Phi) is 6.15. The zero-order valence-electron chi connectivity index (χ0n) is 14.9. The number of non-ortho nitro benzene ring substituents is 1. The molecule has 1 amide bonds. The van der Waals surface area contributed by atoms with E-state index in [4.69, 9.17) is 4.74 Å². The third-order valence-electron chi connectivity index (χ3n) is 3.91. The molecule has 3 rings (SSSR count). The number of rotatable bonds is 7. The molecule has 0 aliphatic rings. The van der Waals surface area contributed by atoms with E-state index in [0.717, 1.165) is 5.56 Å². The van der Waals surface area contributed by atoms with E-state index >= 15 is 0 Å². The number of anilines is 1. The number of carbonyl (C=O) groups excluding carboxylic acids is 1. The van der Waals surface area contributed by atoms with Gasteiger partial charge in [-0.05, 0) is 41.5 Å². The molecule has 0 heterocycles. The lowest BCUT2D eigenvalue weighted by Gasteiger charge is -2.11. The van der Waals surface area contributed by atoms with Crippen LogP contribution in [-0.4, -0.2) is 10.8 Å². The molecule has 0 atom stereocenters. The maximum absolute atomic E-state index is 12.2. The van der Waals surface area contributed by atoms with Crippen molar-refractivity contribution in [3.05, 3.63) is 106 Å². The van der Waals surface area contributed by atoms with Gasteiger partial charge in [0.15, 0.2) is 0 Å². The van der Waals surface area contributed by atoms with Crippen LogP contribution < -0.4 is 10.1 Å². The molecule has 0 fully saturated rings. The summed E-state index contributed by atoms with van der Waals surface area (Å²) in [5, 5.41) is 13.5. The molecular weight excluding hydrogens is 356 g/mol. The monoisotopic (exact) mass is 374 g/mol. The molecule has 3 aromatic rings. The summed E-state index contributed by atoms with van der Waals surface area (Å²) in [7, 11) is 0. The second-order valence-electron chi connectivity index (χ2n) is 5.94. The van der Waals surface area contributed by atoms with Crippen molar-refractivity contribution in [2.24, 2.45) is 0 Å². The Morgan fingerprint density at radius 2 is 1.64 bits per heavy atom. The van der Waals surface area contributed by atoms with E-state index in [9.17, 15) is 14.9 Å². The van der Waals surface area contributed by atoms with E-state index in [-0.39, 0.29) is 11.6 Å². The van der Waals surface area contributed by atoms with E-state index in [1.165, 1.54) is 18.2 Å². The molecule has 3 aromatic carbocycles. The molecule has 0 unspecified atom stereocenters. The molecule has 0 spiro atoms. The highest BCUT2D eigenvalue weighted by molar-refractivity contribution is 6.02. The molecule has 140 valence electrons. The van der Waals surface area contributed by atoms with Crippen molar-refractivity contribution < 1.29 is 14.5 Å². The van der Waals surface area contributed by atoms with Crippen molar-refractivity contribution >= 4 is 23.4 Å². The maximum atomic E-state index is 12.2. The van der Waals surface area contributed by atoms with Crippen LogP contribution in [0.1, 0.15) is 11.1 Å². The predicted molar refractivity (Wildman–Crippen MR) is 108 cm³/mol. The van der Waals surface area contributed by atoms with Crippen LogP contribution >= 0.6 is 0 Å². The average molecular weight is 374 g/mol. The Hall–Kier alpha value is -3.93. The van der Waals surface area contributed by atoms with Gasteiger partial charge in [-0.25, -0.2) is 0 Å². The molecule has 28 heavy (non-hydrogen) atoms. The maximum Gasteiger partial charge on any atom is 0.269 e. The summed E-state index contributed by atoms with van der Waals surface area (Å²) in [6.07, 6.45) is 2.96. The highest BCUT2D eigenvalue weighted by Gasteiger charge is 2.06. The van der Waals surface area contributed by atoms with E-state index in [1.807, 2.05) is 42.5 Å². The van der Waals surface area contributed by atoms with Crippen molar-refractivity contribution in [3.8, 4) is 5.75 Å². The average Bonchev–Trinajstić information content (AvgIpc) is 2.72. The summed E-state index contributed by atoms with van der Waals surface area (Å²) >= 11 is 0. The van der Waals surface area contributed by atoms with Crippen molar-refractivity contribution in [2.75, 3.05) is 5.32 Å². The Labute approximate surface area is 162 Å². The summed E-state index contributed by atoms with van der Waals surface area (Å²) in [6, 6.07) is 22.9. The van der Waals surface area contributed by atoms with Crippen molar-refractivity contribution in [2.45, 2.75) is 6.61 Å². The number of nitro groups is 1. The van der Waals surface area contributed by atoms with Gasteiger partial charge in [-0.1, -0.05) is 42.5 Å². The van der Waals surface area contributed by atoms with Gasteiger partial charge >= 0.3 is 0 Å². The summed E-state index contributed by atoms with van der Waals surface area (Å²) in [6.45, 7) is 0.395. The molecule has 0 radical (unpaired) electrons. The fourth-order valence-electron chi connectivity index (χ4n) is 2.48. The van der Waals surface area contributed by atoms with Gasteiger partial charge < -0.3 is 10.1 Å². The lowest BCUT2D eigenvalue weighted by molar-refractivity contribution is -0.384. The number of hydrogen-bond donors (Lipinski definition) is 1. The summed E-state index contributed by atoms with van der Waals surface area (Å²) in [5.74, 6) is 0.248. The number of nitrogens with zero attached hydrogens (tertiary/aromatic N) is 1. The van der Waals surface area contributed by atoms with E-state index in [1.54, 1.807) is 30.3 Å². The van der Waals surface area contributed by atoms with Crippen LogP contribution in [0.4, 0.5) is 11.4 Å². The largest absolute Gasteiger partial charge is 0.487 e. The first kappa shape index (κ1) is 18.8. The molecule has 0 saturated carbocycles. The third-order valence-corrected chi connectivity index (χ3v) is 3.91. The second kappa shape index (κ2) is 9.14. The molecule has 6 nitrogen and oxygen atoms in total. The number of benzene rings is 3. The zero-order chi connectivity index (χ0) is 19.8. The van der Waals surface area contributed by atoms with Gasteiger partial charge in [-0.3, -0.25) is 14.9 Å². The molecular formula is C22H18N2O4. The van der Waals surface area contributed by atoms with Crippen molar-refractivity contribution in [1.82, 2.24) is 0 Å². The van der Waals surface area contributed by atoms with Crippen LogP contribution in [0.5, 0.6) is 5.75 Å². The van der Waals surface area contributed by atoms with Gasteiger partial charge in [0, 0.05) is 18.2 Å². The number of ether oxygens (including phenoxy) is 1. The molecule has 0 aromatic heterocycles. The highest BCUT2D eigenvalue weighted by atomic mass is 16.6. The number of hydrogen-bond acceptors (Lipinski definition) is 4. The Morgan fingerprint density at radius 1 is 0.964 bits per heavy atom. The Morgan fingerprint density at radius 3 is 2.36 bits per heavy atom. The van der Waals surface area contributed by atoms with Crippen LogP contribution in [-0.2, 0) is 11.4 Å². The minimum absolute atomic E-state index is 0.00564. The third kappa shape index (κ3) is 5.28. The smallest absolute Gasteiger partial charge is 0.269 e. The number of nitro benzene ring substituents is 1. The first-order chi connectivity index (χ1) is 13.6. The second-order valence-corrected chi connectivity index (χ2v) is 5.94. The minimum atomic E-state index is -0.466. The minimum Gasteiger partial charge on any atom is -0.487 e. The Balaban J connectivity index is 1.62. The molecule has 0 bridgehead atoms. The number of carbonyl (C=O) groups is 1. The lowest BCUT2D eigenvalue weighted by Crippen LogP contribution is -2.09. The van der Waals surface area contributed by atoms with Gasteiger partial charge in [0.05, 0.1) is 10.6 Å². The fraction of sp³-hybridized carbons (Fsp3) is 0.0455. The standard InChI is InChI=1S/C22H18N2O4/c25-22(15-12-17-10-13-19(14-11-17)24(26)27)23-20-8-4-5-9-21(20)28-16-18-6-2-1-3-7-18/h1-15H,16H2,(H,23,25)/b15-12+. The zero-order valence-corrected chi connectivity index (χ0v) is 14.9. The molecule has 0 aliphatic heterocycles. The van der Waals surface area contributed by atoms with Crippen LogP contribution in [0, 0.1) is 10.1 Å². The van der Waals surface area contributed by atoms with Gasteiger partial charge in [0.1, 0.15) is 12.4 Å². The topological polar surface area (TPSA) is 81.5 Å². The molecule has 1 N–H and O–H groups in total. The van der Waals surface area contributed by atoms with Gasteiger partial charge in [0.25, 0.3) is 5.69 Å². The van der Waals surface area contributed by atoms with Crippen LogP contribution in [0.25, 0.3) is 6.08 Å². The summed E-state index contributed by atoms with van der Waals surface area (Å²) < 4.78 is 5.82. The SMILES string of the molecule is O=C(/C=C/c1ccc([N+](=O)[O-])cc1)Nc1ccccc1OCc1ccccc1. The van der Waals surface area contributed by atoms with Crippen LogP contribution in [0.2, 0.25) is 0 Å². The normalized spacial score (nSPS) is 10.6. The lowest BCUT2D eigenvalue weighted by atomic mass is 10.2. The summed E-state index contributed by atoms with van der Waals surface area (Å²) in [4.78, 5) is 22.4. The quantitative estimate of drug-likeness (QED) is 0.365. The van der Waals surface area contributed by atoms with E-state index in [0.29, 0.717) is 23.6 Å². The van der Waals surface area contributed by atoms with Gasteiger partial charge in [0.2, 0.25) is 5.91 Å². The van der Waals surface area contributed by atoms with Crippen LogP contribution in [0.15, 0.2) is 84.9 Å². The van der Waals surface area contributed by atoms with Crippen LogP contribution in [0.3, 0.4) is 0 Å². The van der Waals surface area contributed by atoms with Gasteiger partial charge in [-0.2, -0.15) is 0 Å². The first-order valence-electron chi connectivity index (χ1n) is 8.61. The number of amides is 1. The molecule has 0 aliphatic carbocycles. The number of nitrogens with one attached hydrogen (secondary N) is 1. The molecule has 0 saturated heterocycles. The van der Waals surface area contributed by atoms with E-state index in [2.05, 4.69) is 5.32 Å². The Bertz CT molecular complexity index is 983. The highest BCUT2D eigenvalue weighted by Crippen LogP contribution is 2.25. The van der Waals surface area contributed by atoms with Crippen molar-refractivity contribution in [3.63, 3.8) is 0 Å². The molecule has 6 heteroatoms. The predicted octanol–water partition coefficient (Wildman–Crippen LogP) is 4.83.